The maximum Gasteiger partial charge on any atom is 0.262 e. The van der Waals surface area contributed by atoms with Crippen LogP contribution in [0, 0.1) is 13.8 Å². The number of primary amides is 1. The summed E-state index contributed by atoms with van der Waals surface area (Å²) in [4.78, 5) is 42.3. The molecule has 0 saturated heterocycles. The zero-order valence-electron chi connectivity index (χ0n) is 14.4. The number of anilines is 1. The molecule has 0 saturated carbocycles. The van der Waals surface area contributed by atoms with Crippen molar-refractivity contribution in [1.29, 1.82) is 0 Å². The van der Waals surface area contributed by atoms with Crippen molar-refractivity contribution in [3.8, 4) is 0 Å². The van der Waals surface area contributed by atoms with E-state index >= 15 is 0 Å². The molecule has 0 bridgehead atoms. The van der Waals surface area contributed by atoms with Gasteiger partial charge in [0.2, 0.25) is 5.91 Å². The highest BCUT2D eigenvalue weighted by molar-refractivity contribution is 7.18. The van der Waals surface area contributed by atoms with Crippen LogP contribution < -0.4 is 16.6 Å². The lowest BCUT2D eigenvalue weighted by Gasteiger charge is -2.09. The molecule has 134 valence electrons. The number of rotatable bonds is 5. The molecular weight excluding hydrogens is 352 g/mol. The first-order valence-corrected chi connectivity index (χ1v) is 8.84. The number of nitrogens with two attached hydrogens (primary N) is 1. The Balaban J connectivity index is 1.75. The second kappa shape index (κ2) is 7.09. The number of aryl methyl sites for hydroxylation is 3. The molecule has 0 aliphatic rings. The second-order valence-corrected chi connectivity index (χ2v) is 7.12. The summed E-state index contributed by atoms with van der Waals surface area (Å²) in [6, 6.07) is 6.52. The highest BCUT2D eigenvalue weighted by atomic mass is 32.1. The maximum absolute atomic E-state index is 12.6. The molecule has 0 unspecified atom stereocenters. The molecule has 1 aromatic carbocycles. The number of fused-ring (bicyclic) bond motifs is 1. The van der Waals surface area contributed by atoms with Crippen molar-refractivity contribution >= 4 is 39.1 Å². The lowest BCUT2D eigenvalue weighted by Crippen LogP contribution is -2.24. The fourth-order valence-corrected chi connectivity index (χ4v) is 3.66. The van der Waals surface area contributed by atoms with Crippen molar-refractivity contribution < 1.29 is 9.59 Å². The number of hydrogen-bond acceptors (Lipinski definition) is 5. The molecule has 0 atom stereocenters. The highest BCUT2D eigenvalue weighted by Gasteiger charge is 2.14. The summed E-state index contributed by atoms with van der Waals surface area (Å²) >= 11 is 1.48. The van der Waals surface area contributed by atoms with Crippen molar-refractivity contribution in [1.82, 2.24) is 9.55 Å². The van der Waals surface area contributed by atoms with Crippen LogP contribution in [-0.4, -0.2) is 21.4 Å². The summed E-state index contributed by atoms with van der Waals surface area (Å²) in [5, 5.41) is 3.27. The standard InChI is InChI=1S/C18H18N4O3S/c1-10-11(2)26-17-15(10)18(25)22(9-20-17)8-7-14(23)21-13-6-4-3-5-12(13)16(19)24/h3-6,9H,7-8H2,1-2H3,(H2,19,24)(H,21,23). The van der Waals surface area contributed by atoms with Gasteiger partial charge in [0.25, 0.3) is 11.5 Å². The molecule has 0 spiro atoms. The molecule has 7 nitrogen and oxygen atoms in total. The van der Waals surface area contributed by atoms with Crippen molar-refractivity contribution in [2.24, 2.45) is 5.73 Å². The minimum atomic E-state index is -0.616. The smallest absolute Gasteiger partial charge is 0.262 e. The number of para-hydroxylation sites is 1. The SMILES string of the molecule is Cc1sc2ncn(CCC(=O)Nc3ccccc3C(N)=O)c(=O)c2c1C. The normalized spacial score (nSPS) is 10.8. The predicted octanol–water partition coefficient (Wildman–Crippen LogP) is 2.20. The van der Waals surface area contributed by atoms with Gasteiger partial charge in [0.15, 0.2) is 0 Å². The number of hydrogen-bond donors (Lipinski definition) is 2. The Hall–Kier alpha value is -3.00. The van der Waals surface area contributed by atoms with E-state index in [1.165, 1.54) is 22.2 Å². The fraction of sp³-hybridized carbons (Fsp3) is 0.222. The largest absolute Gasteiger partial charge is 0.366 e. The van der Waals surface area contributed by atoms with Crippen LogP contribution in [0.5, 0.6) is 0 Å². The van der Waals surface area contributed by atoms with Crippen LogP contribution in [-0.2, 0) is 11.3 Å². The third kappa shape index (κ3) is 3.36. The van der Waals surface area contributed by atoms with Crippen LogP contribution in [0.25, 0.3) is 10.2 Å². The lowest BCUT2D eigenvalue weighted by molar-refractivity contribution is -0.116. The van der Waals surface area contributed by atoms with E-state index in [4.69, 9.17) is 5.73 Å². The number of thiophene rings is 1. The molecule has 0 fully saturated rings. The Morgan fingerprint density at radius 3 is 2.73 bits per heavy atom. The molecule has 0 radical (unpaired) electrons. The molecule has 8 heteroatoms. The summed E-state index contributed by atoms with van der Waals surface area (Å²) in [5.74, 6) is -0.931. The van der Waals surface area contributed by atoms with Crippen molar-refractivity contribution in [3.63, 3.8) is 0 Å². The van der Waals surface area contributed by atoms with Gasteiger partial charge < -0.3 is 11.1 Å². The van der Waals surface area contributed by atoms with Gasteiger partial charge in [-0.2, -0.15) is 0 Å². The van der Waals surface area contributed by atoms with Gasteiger partial charge in [0.1, 0.15) is 4.83 Å². The Bertz CT molecular complexity index is 1070. The van der Waals surface area contributed by atoms with Gasteiger partial charge in [-0.25, -0.2) is 4.98 Å². The van der Waals surface area contributed by atoms with Gasteiger partial charge >= 0.3 is 0 Å². The average molecular weight is 370 g/mol. The average Bonchev–Trinajstić information content (AvgIpc) is 2.89. The van der Waals surface area contributed by atoms with Gasteiger partial charge in [-0.05, 0) is 31.5 Å². The molecular formula is C18H18N4O3S. The van der Waals surface area contributed by atoms with E-state index in [1.807, 2.05) is 13.8 Å². The third-order valence-electron chi connectivity index (χ3n) is 4.20. The first-order valence-electron chi connectivity index (χ1n) is 8.02. The zero-order valence-corrected chi connectivity index (χ0v) is 15.2. The van der Waals surface area contributed by atoms with E-state index in [2.05, 4.69) is 10.3 Å². The number of carbonyl (C=O) groups excluding carboxylic acids is 2. The molecule has 2 heterocycles. The summed E-state index contributed by atoms with van der Waals surface area (Å²) in [7, 11) is 0. The minimum absolute atomic E-state index is 0.0718. The number of carbonyl (C=O) groups is 2. The quantitative estimate of drug-likeness (QED) is 0.718. The summed E-state index contributed by atoms with van der Waals surface area (Å²) in [6.07, 6.45) is 1.53. The fourth-order valence-electron chi connectivity index (χ4n) is 2.67. The number of amides is 2. The number of nitrogens with one attached hydrogen (secondary N) is 1. The summed E-state index contributed by atoms with van der Waals surface area (Å²) in [6.45, 7) is 4.05. The Morgan fingerprint density at radius 2 is 2.00 bits per heavy atom. The number of aromatic nitrogens is 2. The van der Waals surface area contributed by atoms with Crippen LogP contribution in [0.2, 0.25) is 0 Å². The highest BCUT2D eigenvalue weighted by Crippen LogP contribution is 2.25. The predicted molar refractivity (Wildman–Crippen MR) is 102 cm³/mol. The Kier molecular flexibility index (Phi) is 4.85. The first kappa shape index (κ1) is 17.8. The van der Waals surface area contributed by atoms with Crippen LogP contribution >= 0.6 is 11.3 Å². The molecule has 3 N–H and O–H groups in total. The van der Waals surface area contributed by atoms with Crippen molar-refractivity contribution in [2.45, 2.75) is 26.8 Å². The maximum atomic E-state index is 12.6. The van der Waals surface area contributed by atoms with E-state index in [1.54, 1.807) is 24.3 Å². The first-order chi connectivity index (χ1) is 12.4. The molecule has 0 aliphatic heterocycles. The molecule has 26 heavy (non-hydrogen) atoms. The molecule has 3 rings (SSSR count). The minimum Gasteiger partial charge on any atom is -0.366 e. The monoisotopic (exact) mass is 370 g/mol. The van der Waals surface area contributed by atoms with E-state index < -0.39 is 5.91 Å². The zero-order chi connectivity index (χ0) is 18.8. The van der Waals surface area contributed by atoms with Crippen LogP contribution in [0.3, 0.4) is 0 Å². The lowest BCUT2D eigenvalue weighted by atomic mass is 10.1. The van der Waals surface area contributed by atoms with Crippen LogP contribution in [0.4, 0.5) is 5.69 Å². The number of nitrogens with zero attached hydrogens (tertiary/aromatic N) is 2. The molecule has 2 aromatic heterocycles. The Labute approximate surface area is 153 Å². The van der Waals surface area contributed by atoms with Crippen LogP contribution in [0.15, 0.2) is 35.4 Å². The van der Waals surface area contributed by atoms with Crippen molar-refractivity contribution in [3.05, 3.63) is 57.0 Å². The number of benzene rings is 1. The van der Waals surface area contributed by atoms with Gasteiger partial charge in [0.05, 0.1) is 23.0 Å². The van der Waals surface area contributed by atoms with E-state index in [-0.39, 0.29) is 30.0 Å². The van der Waals surface area contributed by atoms with Gasteiger partial charge in [-0.1, -0.05) is 12.1 Å². The van der Waals surface area contributed by atoms with Gasteiger partial charge in [-0.15, -0.1) is 11.3 Å². The molecule has 2 amide bonds. The van der Waals surface area contributed by atoms with E-state index in [9.17, 15) is 14.4 Å². The topological polar surface area (TPSA) is 107 Å². The molecule has 3 aromatic rings. The van der Waals surface area contributed by atoms with E-state index in [0.717, 1.165) is 10.4 Å². The summed E-state index contributed by atoms with van der Waals surface area (Å²) < 4.78 is 1.43. The van der Waals surface area contributed by atoms with Gasteiger partial charge in [-0.3, -0.25) is 19.0 Å². The Morgan fingerprint density at radius 1 is 1.27 bits per heavy atom. The molecule has 0 aliphatic carbocycles. The van der Waals surface area contributed by atoms with E-state index in [0.29, 0.717) is 15.9 Å². The summed E-state index contributed by atoms with van der Waals surface area (Å²) in [5.41, 5.74) is 6.68. The third-order valence-corrected chi connectivity index (χ3v) is 5.32. The second-order valence-electron chi connectivity index (χ2n) is 5.91. The van der Waals surface area contributed by atoms with Gasteiger partial charge in [0, 0.05) is 17.8 Å². The van der Waals surface area contributed by atoms with Crippen LogP contribution in [0.1, 0.15) is 27.2 Å². The van der Waals surface area contributed by atoms with Crippen molar-refractivity contribution in [2.75, 3.05) is 5.32 Å².